The molecule has 7 nitrogen and oxygen atoms in total. The lowest BCUT2D eigenvalue weighted by atomic mass is 9.96. The molecule has 0 saturated carbocycles. The third kappa shape index (κ3) is 4.30. The molecule has 2 aliphatic rings. The third-order valence-corrected chi connectivity index (χ3v) is 5.90. The highest BCUT2D eigenvalue weighted by atomic mass is 16.2. The van der Waals surface area contributed by atoms with Crippen LogP contribution >= 0.6 is 0 Å². The standard InChI is InChI=1S/C23H26N4O3/c24-22(29)16-11-14-26(15-12-16)19-9-5-18(6-10-19)25-23(30)17-3-7-20(8-4-17)27-13-1-2-21(27)28/h3-10,16H,1-2,11-15H2,(H2,24,29)(H,25,30). The van der Waals surface area contributed by atoms with Crippen LogP contribution in [0.25, 0.3) is 0 Å². The molecule has 0 spiro atoms. The van der Waals surface area contributed by atoms with Crippen molar-refractivity contribution < 1.29 is 14.4 Å². The van der Waals surface area contributed by atoms with Gasteiger partial charge in [0.05, 0.1) is 0 Å². The van der Waals surface area contributed by atoms with Crippen molar-refractivity contribution in [2.75, 3.05) is 34.8 Å². The Bertz CT molecular complexity index is 932. The van der Waals surface area contributed by atoms with Crippen molar-refractivity contribution in [1.29, 1.82) is 0 Å². The van der Waals surface area contributed by atoms with E-state index in [4.69, 9.17) is 5.73 Å². The lowest BCUT2D eigenvalue weighted by Gasteiger charge is -2.32. The Balaban J connectivity index is 1.35. The van der Waals surface area contributed by atoms with Crippen molar-refractivity contribution in [2.24, 2.45) is 11.7 Å². The van der Waals surface area contributed by atoms with E-state index in [1.807, 2.05) is 36.4 Å². The molecular weight excluding hydrogens is 380 g/mol. The van der Waals surface area contributed by atoms with Crippen LogP contribution in [0.1, 0.15) is 36.0 Å². The van der Waals surface area contributed by atoms with Gasteiger partial charge in [-0.1, -0.05) is 0 Å². The zero-order valence-corrected chi connectivity index (χ0v) is 16.8. The summed E-state index contributed by atoms with van der Waals surface area (Å²) in [4.78, 5) is 39.7. The van der Waals surface area contributed by atoms with E-state index < -0.39 is 0 Å². The predicted octanol–water partition coefficient (Wildman–Crippen LogP) is 2.77. The van der Waals surface area contributed by atoms with Gasteiger partial charge in [0.15, 0.2) is 0 Å². The number of amides is 3. The van der Waals surface area contributed by atoms with Crippen LogP contribution in [0.3, 0.4) is 0 Å². The SMILES string of the molecule is NC(=O)C1CCN(c2ccc(NC(=O)c3ccc(N4CCCC4=O)cc3)cc2)CC1. The second-order valence-electron chi connectivity index (χ2n) is 7.86. The van der Waals surface area contributed by atoms with Crippen molar-refractivity contribution in [3.8, 4) is 0 Å². The first kappa shape index (κ1) is 19.9. The first-order valence-electron chi connectivity index (χ1n) is 10.4. The number of nitrogens with one attached hydrogen (secondary N) is 1. The second-order valence-corrected chi connectivity index (χ2v) is 7.86. The van der Waals surface area contributed by atoms with E-state index >= 15 is 0 Å². The molecule has 0 atom stereocenters. The Kier molecular flexibility index (Phi) is 5.70. The maximum absolute atomic E-state index is 12.6. The first-order chi connectivity index (χ1) is 14.5. The molecule has 2 aromatic carbocycles. The fourth-order valence-electron chi connectivity index (χ4n) is 4.09. The van der Waals surface area contributed by atoms with Gasteiger partial charge in [0, 0.05) is 54.6 Å². The minimum absolute atomic E-state index is 0.0326. The molecule has 2 heterocycles. The average Bonchev–Trinajstić information content (AvgIpc) is 3.20. The van der Waals surface area contributed by atoms with Crippen molar-refractivity contribution in [1.82, 2.24) is 0 Å². The number of piperidine rings is 1. The van der Waals surface area contributed by atoms with Crippen LogP contribution < -0.4 is 20.9 Å². The van der Waals surface area contributed by atoms with Gasteiger partial charge >= 0.3 is 0 Å². The lowest BCUT2D eigenvalue weighted by molar-refractivity contribution is -0.122. The van der Waals surface area contributed by atoms with Gasteiger partial charge in [0.25, 0.3) is 5.91 Å². The number of nitrogens with two attached hydrogens (primary N) is 1. The molecule has 0 bridgehead atoms. The van der Waals surface area contributed by atoms with E-state index in [9.17, 15) is 14.4 Å². The minimum atomic E-state index is -0.215. The maximum Gasteiger partial charge on any atom is 0.255 e. The second kappa shape index (κ2) is 8.57. The van der Waals surface area contributed by atoms with Gasteiger partial charge in [-0.2, -0.15) is 0 Å². The zero-order valence-electron chi connectivity index (χ0n) is 16.8. The molecule has 7 heteroatoms. The van der Waals surface area contributed by atoms with Crippen molar-refractivity contribution in [2.45, 2.75) is 25.7 Å². The molecule has 0 aromatic heterocycles. The Hall–Kier alpha value is -3.35. The summed E-state index contributed by atoms with van der Waals surface area (Å²) in [5.41, 5.74) is 8.56. The Morgan fingerprint density at radius 1 is 0.900 bits per heavy atom. The van der Waals surface area contributed by atoms with Gasteiger partial charge < -0.3 is 20.9 Å². The predicted molar refractivity (Wildman–Crippen MR) is 117 cm³/mol. The van der Waals surface area contributed by atoms with Crippen LogP contribution in [0.5, 0.6) is 0 Å². The monoisotopic (exact) mass is 406 g/mol. The van der Waals surface area contributed by atoms with Gasteiger partial charge in [0.1, 0.15) is 0 Å². The fourth-order valence-corrected chi connectivity index (χ4v) is 4.09. The quantitative estimate of drug-likeness (QED) is 0.798. The number of hydrogen-bond acceptors (Lipinski definition) is 4. The molecule has 2 aliphatic heterocycles. The number of carbonyl (C=O) groups is 3. The normalized spacial score (nSPS) is 17.3. The van der Waals surface area contributed by atoms with Gasteiger partial charge in [-0.3, -0.25) is 14.4 Å². The van der Waals surface area contributed by atoms with E-state index in [0.717, 1.165) is 56.0 Å². The first-order valence-corrected chi connectivity index (χ1v) is 10.4. The van der Waals surface area contributed by atoms with E-state index in [0.29, 0.717) is 12.0 Å². The zero-order chi connectivity index (χ0) is 21.1. The number of benzene rings is 2. The smallest absolute Gasteiger partial charge is 0.255 e. The molecule has 0 unspecified atom stereocenters. The molecule has 2 fully saturated rings. The van der Waals surface area contributed by atoms with Crippen molar-refractivity contribution in [3.63, 3.8) is 0 Å². The molecule has 2 saturated heterocycles. The van der Waals surface area contributed by atoms with Crippen LogP contribution in [-0.2, 0) is 9.59 Å². The Labute approximate surface area is 175 Å². The molecule has 0 radical (unpaired) electrons. The lowest BCUT2D eigenvalue weighted by Crippen LogP contribution is -2.38. The summed E-state index contributed by atoms with van der Waals surface area (Å²) >= 11 is 0. The Morgan fingerprint density at radius 3 is 2.10 bits per heavy atom. The number of carbonyl (C=O) groups excluding carboxylic acids is 3. The molecule has 3 N–H and O–H groups in total. The summed E-state index contributed by atoms with van der Waals surface area (Å²) in [6.45, 7) is 2.33. The maximum atomic E-state index is 12.6. The van der Waals surface area contributed by atoms with Crippen LogP contribution in [0, 0.1) is 5.92 Å². The number of nitrogens with zero attached hydrogens (tertiary/aromatic N) is 2. The molecule has 4 rings (SSSR count). The van der Waals surface area contributed by atoms with Crippen LogP contribution in [-0.4, -0.2) is 37.4 Å². The molecule has 156 valence electrons. The van der Waals surface area contributed by atoms with Crippen LogP contribution in [0.15, 0.2) is 48.5 Å². The molecule has 3 amide bonds. The average molecular weight is 406 g/mol. The summed E-state index contributed by atoms with van der Waals surface area (Å²) in [6.07, 6.45) is 3.00. The van der Waals surface area contributed by atoms with E-state index in [1.165, 1.54) is 0 Å². The molecule has 30 heavy (non-hydrogen) atoms. The molecule has 2 aromatic rings. The topological polar surface area (TPSA) is 95.7 Å². The summed E-state index contributed by atoms with van der Waals surface area (Å²) < 4.78 is 0. The van der Waals surface area contributed by atoms with E-state index in [1.54, 1.807) is 17.0 Å². The Morgan fingerprint density at radius 2 is 1.53 bits per heavy atom. The van der Waals surface area contributed by atoms with Gasteiger partial charge in [0.2, 0.25) is 11.8 Å². The minimum Gasteiger partial charge on any atom is -0.371 e. The number of hydrogen-bond donors (Lipinski definition) is 2. The highest BCUT2D eigenvalue weighted by Crippen LogP contribution is 2.25. The summed E-state index contributed by atoms with van der Waals surface area (Å²) in [5.74, 6) is -0.307. The number of anilines is 3. The highest BCUT2D eigenvalue weighted by Gasteiger charge is 2.23. The number of primary amides is 1. The summed E-state index contributed by atoms with van der Waals surface area (Å²) in [6, 6.07) is 14.8. The third-order valence-electron chi connectivity index (χ3n) is 5.90. The number of rotatable bonds is 5. The van der Waals surface area contributed by atoms with Gasteiger partial charge in [-0.15, -0.1) is 0 Å². The molecule has 0 aliphatic carbocycles. The van der Waals surface area contributed by atoms with Gasteiger partial charge in [-0.05, 0) is 67.8 Å². The van der Waals surface area contributed by atoms with Crippen molar-refractivity contribution >= 4 is 34.8 Å². The van der Waals surface area contributed by atoms with E-state index in [-0.39, 0.29) is 23.6 Å². The fraction of sp³-hybridized carbons (Fsp3) is 0.348. The summed E-state index contributed by atoms with van der Waals surface area (Å²) in [5, 5.41) is 2.91. The summed E-state index contributed by atoms with van der Waals surface area (Å²) in [7, 11) is 0. The highest BCUT2D eigenvalue weighted by molar-refractivity contribution is 6.05. The van der Waals surface area contributed by atoms with Gasteiger partial charge in [-0.25, -0.2) is 0 Å². The van der Waals surface area contributed by atoms with Crippen LogP contribution in [0.4, 0.5) is 17.1 Å². The largest absolute Gasteiger partial charge is 0.371 e. The van der Waals surface area contributed by atoms with E-state index in [2.05, 4.69) is 10.2 Å². The molecular formula is C23H26N4O3. The van der Waals surface area contributed by atoms with Crippen LogP contribution in [0.2, 0.25) is 0 Å². The van der Waals surface area contributed by atoms with Crippen molar-refractivity contribution in [3.05, 3.63) is 54.1 Å².